The molecule has 2 aromatic rings. The Morgan fingerprint density at radius 3 is 2.27 bits per heavy atom. The highest BCUT2D eigenvalue weighted by molar-refractivity contribution is 5.95. The first-order valence-electron chi connectivity index (χ1n) is 10.7. The predicted octanol–water partition coefficient (Wildman–Crippen LogP) is 3.71. The van der Waals surface area contributed by atoms with Crippen molar-refractivity contribution in [2.24, 2.45) is 0 Å². The average molecular weight is 413 g/mol. The summed E-state index contributed by atoms with van der Waals surface area (Å²) in [4.78, 5) is 17.3. The highest BCUT2D eigenvalue weighted by Gasteiger charge is 2.24. The number of hydrogen-bond donors (Lipinski definition) is 0. The van der Waals surface area contributed by atoms with Crippen molar-refractivity contribution in [2.45, 2.75) is 26.8 Å². The van der Waals surface area contributed by atoms with Gasteiger partial charge in [0.1, 0.15) is 19.0 Å². The SMILES string of the molecule is CCOc1cc(C(=O)N2CCN(C(C)C)CC2)ccc1OCCOc1ccccc1. The lowest BCUT2D eigenvalue weighted by molar-refractivity contribution is 0.0595. The van der Waals surface area contributed by atoms with E-state index in [2.05, 4.69) is 18.7 Å². The Balaban J connectivity index is 1.58. The largest absolute Gasteiger partial charge is 0.490 e. The Kier molecular flexibility index (Phi) is 7.97. The Bertz CT molecular complexity index is 802. The van der Waals surface area contributed by atoms with Crippen LogP contribution in [0.3, 0.4) is 0 Å². The molecule has 0 aromatic heterocycles. The maximum atomic E-state index is 13.0. The molecule has 1 saturated heterocycles. The molecule has 1 heterocycles. The van der Waals surface area contributed by atoms with Crippen LogP contribution in [0.1, 0.15) is 31.1 Å². The van der Waals surface area contributed by atoms with E-state index in [1.165, 1.54) is 0 Å². The van der Waals surface area contributed by atoms with E-state index in [0.29, 0.717) is 42.9 Å². The molecule has 1 aliphatic rings. The van der Waals surface area contributed by atoms with E-state index >= 15 is 0 Å². The van der Waals surface area contributed by atoms with Gasteiger partial charge in [-0.15, -0.1) is 0 Å². The summed E-state index contributed by atoms with van der Waals surface area (Å²) in [6, 6.07) is 15.6. The van der Waals surface area contributed by atoms with Crippen molar-refractivity contribution in [3.8, 4) is 17.2 Å². The van der Waals surface area contributed by atoms with Gasteiger partial charge in [0.2, 0.25) is 0 Å². The van der Waals surface area contributed by atoms with Crippen molar-refractivity contribution in [3.05, 3.63) is 54.1 Å². The number of carbonyl (C=O) groups is 1. The Morgan fingerprint density at radius 1 is 0.900 bits per heavy atom. The number of amides is 1. The van der Waals surface area contributed by atoms with E-state index in [0.717, 1.165) is 31.9 Å². The molecule has 0 spiro atoms. The lowest BCUT2D eigenvalue weighted by Gasteiger charge is -2.37. The Hall–Kier alpha value is -2.73. The number of nitrogens with zero attached hydrogens (tertiary/aromatic N) is 2. The topological polar surface area (TPSA) is 51.2 Å². The molecule has 0 bridgehead atoms. The van der Waals surface area contributed by atoms with Crippen molar-refractivity contribution < 1.29 is 19.0 Å². The lowest BCUT2D eigenvalue weighted by Crippen LogP contribution is -2.50. The zero-order valence-electron chi connectivity index (χ0n) is 18.2. The van der Waals surface area contributed by atoms with E-state index < -0.39 is 0 Å². The number of hydrogen-bond acceptors (Lipinski definition) is 5. The van der Waals surface area contributed by atoms with Gasteiger partial charge in [0, 0.05) is 37.8 Å². The second-order valence-electron chi connectivity index (χ2n) is 7.53. The standard InChI is InChI=1S/C24H32N2O4/c1-4-28-23-18-20(24(27)26-14-12-25(13-15-26)19(2)3)10-11-22(23)30-17-16-29-21-8-6-5-7-9-21/h5-11,18-19H,4,12-17H2,1-3H3. The Morgan fingerprint density at radius 2 is 1.60 bits per heavy atom. The molecule has 3 rings (SSSR count). The molecule has 30 heavy (non-hydrogen) atoms. The molecule has 1 amide bonds. The summed E-state index contributed by atoms with van der Waals surface area (Å²) in [6.07, 6.45) is 0. The molecule has 0 radical (unpaired) electrons. The van der Waals surface area contributed by atoms with Crippen LogP contribution in [0.15, 0.2) is 48.5 Å². The summed E-state index contributed by atoms with van der Waals surface area (Å²) in [5.41, 5.74) is 0.629. The van der Waals surface area contributed by atoms with Crippen molar-refractivity contribution in [1.29, 1.82) is 0 Å². The normalized spacial score (nSPS) is 14.6. The number of benzene rings is 2. The molecule has 2 aromatic carbocycles. The summed E-state index contributed by atoms with van der Waals surface area (Å²) >= 11 is 0. The van der Waals surface area contributed by atoms with Crippen LogP contribution in [0.2, 0.25) is 0 Å². The molecule has 1 fully saturated rings. The summed E-state index contributed by atoms with van der Waals surface area (Å²) < 4.78 is 17.2. The monoisotopic (exact) mass is 412 g/mol. The second-order valence-corrected chi connectivity index (χ2v) is 7.53. The molecule has 6 nitrogen and oxygen atoms in total. The quantitative estimate of drug-likeness (QED) is 0.588. The third-order valence-electron chi connectivity index (χ3n) is 5.18. The van der Waals surface area contributed by atoms with Crippen LogP contribution < -0.4 is 14.2 Å². The molecule has 1 aliphatic heterocycles. The Labute approximate surface area is 179 Å². The van der Waals surface area contributed by atoms with Crippen LogP contribution in [0.25, 0.3) is 0 Å². The van der Waals surface area contributed by atoms with E-state index in [4.69, 9.17) is 14.2 Å². The predicted molar refractivity (Wildman–Crippen MR) is 118 cm³/mol. The molecule has 0 N–H and O–H groups in total. The number of carbonyl (C=O) groups excluding carboxylic acids is 1. The lowest BCUT2D eigenvalue weighted by atomic mass is 10.1. The fourth-order valence-electron chi connectivity index (χ4n) is 3.48. The van der Waals surface area contributed by atoms with Crippen LogP contribution >= 0.6 is 0 Å². The molecule has 0 aliphatic carbocycles. The molecule has 6 heteroatoms. The zero-order chi connectivity index (χ0) is 21.3. The van der Waals surface area contributed by atoms with Gasteiger partial charge < -0.3 is 19.1 Å². The van der Waals surface area contributed by atoms with Crippen LogP contribution in [-0.4, -0.2) is 67.7 Å². The molecular formula is C24H32N2O4. The van der Waals surface area contributed by atoms with Gasteiger partial charge in [0.25, 0.3) is 5.91 Å². The van der Waals surface area contributed by atoms with Crippen LogP contribution in [-0.2, 0) is 0 Å². The van der Waals surface area contributed by atoms with Crippen LogP contribution in [0.5, 0.6) is 17.2 Å². The zero-order valence-corrected chi connectivity index (χ0v) is 18.2. The summed E-state index contributed by atoms with van der Waals surface area (Å²) in [5.74, 6) is 2.06. The first-order valence-corrected chi connectivity index (χ1v) is 10.7. The van der Waals surface area contributed by atoms with Crippen molar-refractivity contribution in [3.63, 3.8) is 0 Å². The highest BCUT2D eigenvalue weighted by atomic mass is 16.5. The van der Waals surface area contributed by atoms with Gasteiger partial charge in [-0.2, -0.15) is 0 Å². The van der Waals surface area contributed by atoms with E-state index in [1.54, 1.807) is 6.07 Å². The first-order chi connectivity index (χ1) is 14.6. The van der Waals surface area contributed by atoms with E-state index in [1.807, 2.05) is 54.3 Å². The van der Waals surface area contributed by atoms with Gasteiger partial charge >= 0.3 is 0 Å². The third-order valence-corrected chi connectivity index (χ3v) is 5.18. The fraction of sp³-hybridized carbons (Fsp3) is 0.458. The number of piperazine rings is 1. The van der Waals surface area contributed by atoms with E-state index in [9.17, 15) is 4.79 Å². The summed E-state index contributed by atoms with van der Waals surface area (Å²) in [7, 11) is 0. The number of para-hydroxylation sites is 1. The maximum absolute atomic E-state index is 13.0. The van der Waals surface area contributed by atoms with E-state index in [-0.39, 0.29) is 5.91 Å². The highest BCUT2D eigenvalue weighted by Crippen LogP contribution is 2.29. The van der Waals surface area contributed by atoms with Crippen LogP contribution in [0, 0.1) is 0 Å². The van der Waals surface area contributed by atoms with Gasteiger partial charge in [-0.25, -0.2) is 0 Å². The second kappa shape index (κ2) is 10.9. The van der Waals surface area contributed by atoms with Crippen molar-refractivity contribution >= 4 is 5.91 Å². The van der Waals surface area contributed by atoms with Gasteiger partial charge in [-0.05, 0) is 51.1 Å². The smallest absolute Gasteiger partial charge is 0.254 e. The van der Waals surface area contributed by atoms with Crippen LogP contribution in [0.4, 0.5) is 0 Å². The summed E-state index contributed by atoms with van der Waals surface area (Å²) in [5, 5.41) is 0. The molecule has 0 atom stereocenters. The minimum absolute atomic E-state index is 0.0401. The molecule has 162 valence electrons. The molecule has 0 saturated carbocycles. The van der Waals surface area contributed by atoms with Gasteiger partial charge in [-0.3, -0.25) is 9.69 Å². The van der Waals surface area contributed by atoms with Gasteiger partial charge in [0.15, 0.2) is 11.5 Å². The molecular weight excluding hydrogens is 380 g/mol. The van der Waals surface area contributed by atoms with Gasteiger partial charge in [0.05, 0.1) is 6.61 Å². The minimum atomic E-state index is 0.0401. The summed E-state index contributed by atoms with van der Waals surface area (Å²) in [6.45, 7) is 10.9. The number of rotatable bonds is 9. The number of ether oxygens (including phenoxy) is 3. The van der Waals surface area contributed by atoms with Gasteiger partial charge in [-0.1, -0.05) is 18.2 Å². The first kappa shape index (κ1) is 22.0. The van der Waals surface area contributed by atoms with Crippen molar-refractivity contribution in [1.82, 2.24) is 9.80 Å². The minimum Gasteiger partial charge on any atom is -0.490 e. The third kappa shape index (κ3) is 5.89. The average Bonchev–Trinajstić information content (AvgIpc) is 2.78. The molecule has 0 unspecified atom stereocenters. The maximum Gasteiger partial charge on any atom is 0.254 e. The van der Waals surface area contributed by atoms with Crippen molar-refractivity contribution in [2.75, 3.05) is 46.0 Å². The fourth-order valence-corrected chi connectivity index (χ4v) is 3.48.